The van der Waals surface area contributed by atoms with E-state index in [1.165, 1.54) is 31.4 Å². The van der Waals surface area contributed by atoms with Crippen molar-refractivity contribution < 1.29 is 23.5 Å². The average molecular weight is 555 g/mol. The number of anilines is 1. The Morgan fingerprint density at radius 1 is 1.09 bits per heavy atom. The summed E-state index contributed by atoms with van der Waals surface area (Å²) in [7, 11) is 1.50. The summed E-state index contributed by atoms with van der Waals surface area (Å²) in [6.07, 6.45) is 1.39. The van der Waals surface area contributed by atoms with Gasteiger partial charge in [-0.2, -0.15) is 0 Å². The van der Waals surface area contributed by atoms with Crippen molar-refractivity contribution >= 4 is 56.8 Å². The number of aryl methyl sites for hydroxylation is 1. The van der Waals surface area contributed by atoms with E-state index in [1.807, 2.05) is 31.2 Å². The van der Waals surface area contributed by atoms with Gasteiger partial charge in [-0.1, -0.05) is 57.9 Å². The quantitative estimate of drug-likeness (QED) is 0.254. The second kappa shape index (κ2) is 10.4. The Labute approximate surface area is 215 Å². The molecule has 0 spiro atoms. The smallest absolute Gasteiger partial charge is 0.270 e. The number of hydrogen-bond donors (Lipinski definition) is 1. The minimum absolute atomic E-state index is 0.0510. The molecule has 3 aromatic carbocycles. The van der Waals surface area contributed by atoms with Crippen LogP contribution in [0.1, 0.15) is 16.7 Å². The van der Waals surface area contributed by atoms with Gasteiger partial charge in [0.15, 0.2) is 16.6 Å². The van der Waals surface area contributed by atoms with E-state index in [1.54, 1.807) is 18.2 Å². The molecule has 2 amide bonds. The Balaban J connectivity index is 1.66. The molecule has 0 aromatic heterocycles. The number of hydrogen-bond acceptors (Lipinski definition) is 5. The number of ether oxygens (including phenoxy) is 2. The van der Waals surface area contributed by atoms with Crippen molar-refractivity contribution in [1.82, 2.24) is 5.32 Å². The second-order valence-electron chi connectivity index (χ2n) is 7.71. The van der Waals surface area contributed by atoms with E-state index in [4.69, 9.17) is 21.7 Å². The van der Waals surface area contributed by atoms with Gasteiger partial charge in [-0.05, 0) is 60.6 Å². The van der Waals surface area contributed by atoms with Crippen molar-refractivity contribution in [2.75, 3.05) is 12.0 Å². The fourth-order valence-electron chi connectivity index (χ4n) is 3.56. The number of nitrogens with zero attached hydrogens (tertiary/aromatic N) is 1. The zero-order valence-electron chi connectivity index (χ0n) is 18.8. The summed E-state index contributed by atoms with van der Waals surface area (Å²) in [5.41, 5.74) is 2.36. The molecule has 1 aliphatic heterocycles. The molecular formula is C26H20BrFN2O4S. The lowest BCUT2D eigenvalue weighted by Gasteiger charge is -2.29. The first-order valence-electron chi connectivity index (χ1n) is 10.5. The normalized spacial score (nSPS) is 14.8. The molecule has 6 nitrogen and oxygen atoms in total. The molecule has 0 saturated carbocycles. The molecule has 1 fully saturated rings. The maximum atomic E-state index is 14.4. The van der Waals surface area contributed by atoms with Crippen LogP contribution in [0.4, 0.5) is 10.1 Å². The van der Waals surface area contributed by atoms with Gasteiger partial charge in [0.1, 0.15) is 18.0 Å². The highest BCUT2D eigenvalue weighted by molar-refractivity contribution is 9.10. The number of amides is 2. The van der Waals surface area contributed by atoms with Crippen molar-refractivity contribution in [2.45, 2.75) is 13.5 Å². The summed E-state index contributed by atoms with van der Waals surface area (Å²) in [4.78, 5) is 26.8. The predicted molar refractivity (Wildman–Crippen MR) is 139 cm³/mol. The van der Waals surface area contributed by atoms with Gasteiger partial charge in [0, 0.05) is 4.47 Å². The van der Waals surface area contributed by atoms with Gasteiger partial charge in [-0.25, -0.2) is 9.29 Å². The molecule has 178 valence electrons. The fraction of sp³-hybridized carbons (Fsp3) is 0.115. The summed E-state index contributed by atoms with van der Waals surface area (Å²) in [6, 6.07) is 17.0. The van der Waals surface area contributed by atoms with Crippen molar-refractivity contribution in [3.63, 3.8) is 0 Å². The van der Waals surface area contributed by atoms with Crippen molar-refractivity contribution in [3.8, 4) is 11.5 Å². The highest BCUT2D eigenvalue weighted by atomic mass is 79.9. The molecule has 1 N–H and O–H groups in total. The number of nitrogens with one attached hydrogen (secondary N) is 1. The standard InChI is InChI=1S/C26H20BrFN2O4S/c1-15-6-5-7-16(10-15)14-34-23-13-19(27)17(12-22(23)33-2)11-18-24(31)29-26(35)30(25(18)32)21-9-4-3-8-20(21)28/h3-13H,14H2,1-2H3,(H,29,31,35)/b18-11+. The van der Waals surface area contributed by atoms with E-state index >= 15 is 0 Å². The van der Waals surface area contributed by atoms with Crippen LogP contribution in [0.5, 0.6) is 11.5 Å². The fourth-order valence-corrected chi connectivity index (χ4v) is 4.27. The molecule has 35 heavy (non-hydrogen) atoms. The van der Waals surface area contributed by atoms with Crippen LogP contribution in [-0.4, -0.2) is 24.0 Å². The van der Waals surface area contributed by atoms with Crippen LogP contribution < -0.4 is 19.7 Å². The molecule has 0 bridgehead atoms. The zero-order valence-corrected chi connectivity index (χ0v) is 21.2. The lowest BCUT2D eigenvalue weighted by Crippen LogP contribution is -2.54. The average Bonchev–Trinajstić information content (AvgIpc) is 2.82. The Bertz CT molecular complexity index is 1380. The Morgan fingerprint density at radius 2 is 1.86 bits per heavy atom. The lowest BCUT2D eigenvalue weighted by molar-refractivity contribution is -0.122. The molecule has 3 aromatic rings. The minimum atomic E-state index is -0.741. The van der Waals surface area contributed by atoms with Crippen molar-refractivity contribution in [1.29, 1.82) is 0 Å². The maximum absolute atomic E-state index is 14.4. The highest BCUT2D eigenvalue weighted by Crippen LogP contribution is 2.36. The Morgan fingerprint density at radius 3 is 2.57 bits per heavy atom. The van der Waals surface area contributed by atoms with Gasteiger partial charge in [0.05, 0.1) is 12.8 Å². The molecule has 0 unspecified atom stereocenters. The molecule has 1 heterocycles. The summed E-state index contributed by atoms with van der Waals surface area (Å²) in [5, 5.41) is 2.25. The molecule has 9 heteroatoms. The van der Waals surface area contributed by atoms with Crippen LogP contribution >= 0.6 is 28.1 Å². The molecule has 0 aliphatic carbocycles. The Hall–Kier alpha value is -3.56. The van der Waals surface area contributed by atoms with E-state index in [0.717, 1.165) is 16.0 Å². The second-order valence-corrected chi connectivity index (χ2v) is 8.95. The van der Waals surface area contributed by atoms with Crippen LogP contribution in [0.3, 0.4) is 0 Å². The van der Waals surface area contributed by atoms with E-state index < -0.39 is 17.6 Å². The largest absolute Gasteiger partial charge is 0.493 e. The van der Waals surface area contributed by atoms with Gasteiger partial charge >= 0.3 is 0 Å². The van der Waals surface area contributed by atoms with E-state index in [-0.39, 0.29) is 16.4 Å². The van der Waals surface area contributed by atoms with Gasteiger partial charge in [0.2, 0.25) is 0 Å². The van der Waals surface area contributed by atoms with Crippen LogP contribution in [0.2, 0.25) is 0 Å². The number of carbonyl (C=O) groups is 2. The highest BCUT2D eigenvalue weighted by Gasteiger charge is 2.35. The topological polar surface area (TPSA) is 67.9 Å². The first-order valence-corrected chi connectivity index (χ1v) is 11.7. The van der Waals surface area contributed by atoms with E-state index in [2.05, 4.69) is 21.2 Å². The number of rotatable bonds is 6. The molecular weight excluding hydrogens is 535 g/mol. The number of methoxy groups -OCH3 is 1. The van der Waals surface area contributed by atoms with Gasteiger partial charge in [-0.15, -0.1) is 0 Å². The van der Waals surface area contributed by atoms with Gasteiger partial charge in [0.25, 0.3) is 11.8 Å². The monoisotopic (exact) mass is 554 g/mol. The van der Waals surface area contributed by atoms with E-state index in [0.29, 0.717) is 28.1 Å². The van der Waals surface area contributed by atoms with Crippen molar-refractivity contribution in [2.24, 2.45) is 0 Å². The molecule has 0 atom stereocenters. The lowest BCUT2D eigenvalue weighted by atomic mass is 10.1. The van der Waals surface area contributed by atoms with Crippen molar-refractivity contribution in [3.05, 3.63) is 93.2 Å². The van der Waals surface area contributed by atoms with Gasteiger partial charge in [-0.3, -0.25) is 14.9 Å². The SMILES string of the molecule is COc1cc(/C=C2\C(=O)NC(=S)N(c3ccccc3F)C2=O)c(Br)cc1OCc1cccc(C)c1. The summed E-state index contributed by atoms with van der Waals surface area (Å²) >= 11 is 8.61. The minimum Gasteiger partial charge on any atom is -0.493 e. The van der Waals surface area contributed by atoms with Crippen LogP contribution in [-0.2, 0) is 16.2 Å². The predicted octanol–water partition coefficient (Wildman–Crippen LogP) is 5.32. The number of para-hydroxylation sites is 1. The van der Waals surface area contributed by atoms with Crippen LogP contribution in [0, 0.1) is 12.7 Å². The van der Waals surface area contributed by atoms with E-state index in [9.17, 15) is 14.0 Å². The molecule has 4 rings (SSSR count). The third-order valence-electron chi connectivity index (χ3n) is 5.25. The van der Waals surface area contributed by atoms with Crippen LogP contribution in [0.25, 0.3) is 6.08 Å². The molecule has 1 saturated heterocycles. The number of benzene rings is 3. The Kier molecular flexibility index (Phi) is 7.28. The first-order chi connectivity index (χ1) is 16.8. The summed E-state index contributed by atoms with van der Waals surface area (Å²) in [6.45, 7) is 2.34. The third-order valence-corrected chi connectivity index (χ3v) is 6.23. The first kappa shape index (κ1) is 24.6. The van der Waals surface area contributed by atoms with Gasteiger partial charge < -0.3 is 9.47 Å². The molecule has 0 radical (unpaired) electrons. The summed E-state index contributed by atoms with van der Waals surface area (Å²) in [5.74, 6) is -1.17. The van der Waals surface area contributed by atoms with Crippen LogP contribution in [0.15, 0.2) is 70.7 Å². The molecule has 1 aliphatic rings. The number of carbonyl (C=O) groups excluding carboxylic acids is 2. The third kappa shape index (κ3) is 5.26. The summed E-state index contributed by atoms with van der Waals surface area (Å²) < 4.78 is 26.4. The number of thiocarbonyl (C=S) groups is 1. The maximum Gasteiger partial charge on any atom is 0.270 e. The zero-order chi connectivity index (χ0) is 25.1. The number of halogens is 2.